The molecular weight excluding hydrogens is 360 g/mol. The molecule has 3 aromatic rings. The van der Waals surface area contributed by atoms with Crippen LogP contribution < -0.4 is 5.56 Å². The van der Waals surface area contributed by atoms with E-state index in [4.69, 9.17) is 4.98 Å². The van der Waals surface area contributed by atoms with Crippen LogP contribution in [0.4, 0.5) is 0 Å². The fraction of sp³-hybridized carbons (Fsp3) is 0.238. The van der Waals surface area contributed by atoms with Crippen molar-refractivity contribution < 1.29 is 0 Å². The number of hydrogen-bond donors (Lipinski definition) is 0. The lowest BCUT2D eigenvalue weighted by Crippen LogP contribution is -2.24. The van der Waals surface area contributed by atoms with Gasteiger partial charge in [0.15, 0.2) is 5.16 Å². The Morgan fingerprint density at radius 2 is 1.85 bits per heavy atom. The first-order valence-corrected chi connectivity index (χ1v) is 10.6. The van der Waals surface area contributed by atoms with Crippen LogP contribution in [0.1, 0.15) is 22.4 Å². The van der Waals surface area contributed by atoms with Gasteiger partial charge in [0, 0.05) is 17.9 Å². The molecule has 1 aliphatic rings. The lowest BCUT2D eigenvalue weighted by molar-refractivity contribution is 0.738. The van der Waals surface area contributed by atoms with Crippen molar-refractivity contribution in [1.29, 1.82) is 0 Å². The Hall–Kier alpha value is -1.98. The van der Waals surface area contributed by atoms with Crippen LogP contribution in [-0.2, 0) is 12.2 Å². The maximum atomic E-state index is 13.2. The highest BCUT2D eigenvalue weighted by Crippen LogP contribution is 2.31. The first-order chi connectivity index (χ1) is 12.6. The number of thioether (sulfide) groups is 2. The summed E-state index contributed by atoms with van der Waals surface area (Å²) >= 11 is 3.26. The molecule has 0 saturated heterocycles. The number of aromatic nitrogens is 2. The Morgan fingerprint density at radius 3 is 2.58 bits per heavy atom. The summed E-state index contributed by atoms with van der Waals surface area (Å²) in [6, 6.07) is 16.6. The number of hydrogen-bond acceptors (Lipinski definition) is 4. The van der Waals surface area contributed by atoms with Crippen molar-refractivity contribution in [3.05, 3.63) is 81.3 Å². The smallest absolute Gasteiger partial charge is 0.268 e. The summed E-state index contributed by atoms with van der Waals surface area (Å²) in [4.78, 5) is 18.9. The fourth-order valence-electron chi connectivity index (χ4n) is 3.22. The predicted octanol–water partition coefficient (Wildman–Crippen LogP) is 4.79. The van der Waals surface area contributed by atoms with Crippen molar-refractivity contribution in [2.75, 3.05) is 5.75 Å². The predicted molar refractivity (Wildman–Crippen MR) is 110 cm³/mol. The molecule has 0 atom stereocenters. The Kier molecular flexibility index (Phi) is 4.92. The second-order valence-electron chi connectivity index (χ2n) is 6.53. The number of fused-ring (bicyclic) bond motifs is 1. The third-order valence-electron chi connectivity index (χ3n) is 4.34. The molecule has 0 unspecified atom stereocenters. The summed E-state index contributed by atoms with van der Waals surface area (Å²) in [5, 5.41) is 0.783. The Labute approximate surface area is 161 Å². The van der Waals surface area contributed by atoms with E-state index in [-0.39, 0.29) is 5.56 Å². The topological polar surface area (TPSA) is 34.9 Å². The molecule has 2 aromatic carbocycles. The van der Waals surface area contributed by atoms with E-state index in [0.29, 0.717) is 0 Å². The lowest BCUT2D eigenvalue weighted by Gasteiger charge is -2.15. The third kappa shape index (κ3) is 3.46. The highest BCUT2D eigenvalue weighted by molar-refractivity contribution is 7.99. The molecule has 132 valence electrons. The molecule has 0 amide bonds. The van der Waals surface area contributed by atoms with Crippen LogP contribution in [0.5, 0.6) is 0 Å². The number of benzene rings is 2. The van der Waals surface area contributed by atoms with Crippen molar-refractivity contribution in [2.24, 2.45) is 0 Å². The molecule has 0 saturated carbocycles. The Morgan fingerprint density at radius 1 is 1.12 bits per heavy atom. The Bertz CT molecular complexity index is 992. The maximum absolute atomic E-state index is 13.2. The van der Waals surface area contributed by atoms with Crippen LogP contribution in [0.25, 0.3) is 5.69 Å². The maximum Gasteiger partial charge on any atom is 0.272 e. The minimum absolute atomic E-state index is 0.0676. The molecule has 0 spiro atoms. The number of aryl methyl sites for hydroxylation is 3. The summed E-state index contributed by atoms with van der Waals surface area (Å²) < 4.78 is 1.80. The van der Waals surface area contributed by atoms with E-state index >= 15 is 0 Å². The summed E-state index contributed by atoms with van der Waals surface area (Å²) in [5.41, 5.74) is 5.46. The second kappa shape index (κ2) is 7.33. The summed E-state index contributed by atoms with van der Waals surface area (Å²) in [5.74, 6) is 1.74. The average molecular weight is 381 g/mol. The van der Waals surface area contributed by atoms with Crippen LogP contribution in [-0.4, -0.2) is 15.3 Å². The monoisotopic (exact) mass is 380 g/mol. The molecule has 0 fully saturated rings. The summed E-state index contributed by atoms with van der Waals surface area (Å²) in [6.45, 7) is 4.13. The standard InChI is InChI=1S/C21H20N2OS2/c1-14-10-15(2)12-17(11-14)23-20(24)19-18(8-9-25-19)22-21(23)26-13-16-6-4-3-5-7-16/h3-7,10-12H,8-9,13H2,1-2H3. The minimum atomic E-state index is 0.0676. The third-order valence-corrected chi connectivity index (χ3v) is 6.46. The molecule has 0 bridgehead atoms. The highest BCUT2D eigenvalue weighted by Gasteiger charge is 2.22. The fourth-order valence-corrected chi connectivity index (χ4v) is 5.23. The van der Waals surface area contributed by atoms with Gasteiger partial charge in [0.1, 0.15) is 0 Å². The molecule has 0 radical (unpaired) electrons. The molecular formula is C21H20N2OS2. The largest absolute Gasteiger partial charge is 0.272 e. The van der Waals surface area contributed by atoms with Gasteiger partial charge < -0.3 is 0 Å². The molecule has 1 aromatic heterocycles. The highest BCUT2D eigenvalue weighted by atomic mass is 32.2. The Balaban J connectivity index is 1.81. The van der Waals surface area contributed by atoms with Crippen LogP contribution in [0.3, 0.4) is 0 Å². The van der Waals surface area contributed by atoms with Crippen molar-refractivity contribution in [3.8, 4) is 5.69 Å². The van der Waals surface area contributed by atoms with Gasteiger partial charge >= 0.3 is 0 Å². The molecule has 2 heterocycles. The molecule has 26 heavy (non-hydrogen) atoms. The molecule has 3 nitrogen and oxygen atoms in total. The van der Waals surface area contributed by atoms with Crippen molar-refractivity contribution in [2.45, 2.75) is 36.1 Å². The first kappa shape index (κ1) is 17.4. The molecule has 5 heteroatoms. The van der Waals surface area contributed by atoms with Crippen LogP contribution in [0.2, 0.25) is 0 Å². The van der Waals surface area contributed by atoms with Gasteiger partial charge in [0.2, 0.25) is 0 Å². The van der Waals surface area contributed by atoms with Gasteiger partial charge in [-0.2, -0.15) is 0 Å². The van der Waals surface area contributed by atoms with E-state index in [9.17, 15) is 4.79 Å². The van der Waals surface area contributed by atoms with E-state index in [1.54, 1.807) is 28.1 Å². The SMILES string of the molecule is Cc1cc(C)cc(-n2c(SCc3ccccc3)nc3c(c2=O)SCC3)c1. The van der Waals surface area contributed by atoms with Gasteiger partial charge in [0.25, 0.3) is 5.56 Å². The zero-order valence-corrected chi connectivity index (χ0v) is 16.5. The molecule has 4 rings (SSSR count). The van der Waals surface area contributed by atoms with Gasteiger partial charge in [-0.1, -0.05) is 48.2 Å². The minimum Gasteiger partial charge on any atom is -0.268 e. The summed E-state index contributed by atoms with van der Waals surface area (Å²) in [6.07, 6.45) is 0.877. The van der Waals surface area contributed by atoms with E-state index in [1.165, 1.54) is 5.56 Å². The normalized spacial score (nSPS) is 13.0. The van der Waals surface area contributed by atoms with E-state index in [2.05, 4.69) is 44.2 Å². The van der Waals surface area contributed by atoms with Crippen molar-refractivity contribution in [3.63, 3.8) is 0 Å². The van der Waals surface area contributed by atoms with Gasteiger partial charge in [-0.15, -0.1) is 11.8 Å². The van der Waals surface area contributed by atoms with Crippen molar-refractivity contribution in [1.82, 2.24) is 9.55 Å². The van der Waals surface area contributed by atoms with Gasteiger partial charge in [-0.25, -0.2) is 4.98 Å². The molecule has 0 aliphatic carbocycles. The zero-order valence-electron chi connectivity index (χ0n) is 14.9. The summed E-state index contributed by atoms with van der Waals surface area (Å²) in [7, 11) is 0. The first-order valence-electron chi connectivity index (χ1n) is 8.66. The van der Waals surface area contributed by atoms with Crippen LogP contribution in [0, 0.1) is 13.8 Å². The van der Waals surface area contributed by atoms with E-state index in [0.717, 1.165) is 50.5 Å². The molecule has 0 N–H and O–H groups in total. The van der Waals surface area contributed by atoms with Gasteiger partial charge in [-0.05, 0) is 42.7 Å². The van der Waals surface area contributed by atoms with Crippen molar-refractivity contribution >= 4 is 23.5 Å². The van der Waals surface area contributed by atoms with Crippen LogP contribution in [0.15, 0.2) is 63.4 Å². The number of nitrogens with zero attached hydrogens (tertiary/aromatic N) is 2. The zero-order chi connectivity index (χ0) is 18.1. The van der Waals surface area contributed by atoms with Gasteiger partial charge in [-0.3, -0.25) is 9.36 Å². The van der Waals surface area contributed by atoms with E-state index in [1.807, 2.05) is 18.2 Å². The van der Waals surface area contributed by atoms with Gasteiger partial charge in [0.05, 0.1) is 16.3 Å². The second-order valence-corrected chi connectivity index (χ2v) is 8.58. The van der Waals surface area contributed by atoms with E-state index < -0.39 is 0 Å². The number of rotatable bonds is 4. The lowest BCUT2D eigenvalue weighted by atomic mass is 10.1. The molecule has 1 aliphatic heterocycles. The quantitative estimate of drug-likeness (QED) is 0.481. The van der Waals surface area contributed by atoms with Crippen LogP contribution >= 0.6 is 23.5 Å². The average Bonchev–Trinajstić information content (AvgIpc) is 3.09.